The zero-order valence-electron chi connectivity index (χ0n) is 16.0. The Kier molecular flexibility index (Phi) is 6.13. The van der Waals surface area contributed by atoms with E-state index < -0.39 is 12.0 Å². The van der Waals surface area contributed by atoms with Crippen LogP contribution < -0.4 is 15.8 Å². The summed E-state index contributed by atoms with van der Waals surface area (Å²) in [5.41, 5.74) is 8.14. The lowest BCUT2D eigenvalue weighted by molar-refractivity contribution is -0.138. The molecule has 0 bridgehead atoms. The van der Waals surface area contributed by atoms with Gasteiger partial charge in [0.1, 0.15) is 11.6 Å². The van der Waals surface area contributed by atoms with Gasteiger partial charge in [-0.1, -0.05) is 6.07 Å². The molecule has 8 nitrogen and oxygen atoms in total. The average molecular weight is 393 g/mol. The van der Waals surface area contributed by atoms with Gasteiger partial charge in [0, 0.05) is 30.2 Å². The minimum absolute atomic E-state index is 0.0418. The summed E-state index contributed by atoms with van der Waals surface area (Å²) in [6.45, 7) is 2.91. The molecule has 1 aromatic heterocycles. The number of carboxylic acid groups (broad SMARTS) is 1. The number of nitrogens with zero attached hydrogens (tertiary/aromatic N) is 2. The number of carboxylic acids is 1. The van der Waals surface area contributed by atoms with Crippen LogP contribution in [0, 0.1) is 5.41 Å². The molecule has 0 aliphatic rings. The summed E-state index contributed by atoms with van der Waals surface area (Å²) in [6.07, 6.45) is 5.24. The molecule has 1 unspecified atom stereocenters. The number of aromatic nitrogens is 2. The fourth-order valence-electron chi connectivity index (χ4n) is 2.99. The maximum absolute atomic E-state index is 12.0. The first kappa shape index (κ1) is 19.9. The lowest BCUT2D eigenvalue weighted by Crippen LogP contribution is -2.21. The second-order valence-electron chi connectivity index (χ2n) is 6.48. The summed E-state index contributed by atoms with van der Waals surface area (Å²) in [5, 5.41) is 20.3. The molecule has 3 rings (SSSR count). The number of anilines is 1. The summed E-state index contributed by atoms with van der Waals surface area (Å²) in [7, 11) is 0. The molecule has 29 heavy (non-hydrogen) atoms. The maximum atomic E-state index is 12.0. The number of benzene rings is 2. The monoisotopic (exact) mass is 393 g/mol. The highest BCUT2D eigenvalue weighted by atomic mass is 16.5. The molecule has 8 heteroatoms. The van der Waals surface area contributed by atoms with Gasteiger partial charge in [-0.05, 0) is 54.4 Å². The molecule has 3 aromatic rings. The first-order valence-electron chi connectivity index (χ1n) is 9.12. The van der Waals surface area contributed by atoms with E-state index in [0.717, 1.165) is 5.56 Å². The van der Waals surface area contributed by atoms with E-state index in [9.17, 15) is 9.90 Å². The molecule has 0 aliphatic carbocycles. The minimum atomic E-state index is -1.01. The minimum Gasteiger partial charge on any atom is -0.494 e. The van der Waals surface area contributed by atoms with E-state index in [1.807, 2.05) is 29.8 Å². The van der Waals surface area contributed by atoms with E-state index >= 15 is 0 Å². The van der Waals surface area contributed by atoms with Gasteiger partial charge in [-0.3, -0.25) is 5.41 Å². The fraction of sp³-hybridized carbons (Fsp3) is 0.190. The molecular weight excluding hydrogens is 370 g/mol. The first-order valence-corrected chi connectivity index (χ1v) is 9.12. The Labute approximate surface area is 168 Å². The van der Waals surface area contributed by atoms with Gasteiger partial charge in [0.05, 0.1) is 12.9 Å². The number of ether oxygens (including phenoxy) is 1. The molecule has 0 saturated heterocycles. The van der Waals surface area contributed by atoms with Crippen molar-refractivity contribution in [3.8, 4) is 5.75 Å². The van der Waals surface area contributed by atoms with Crippen molar-refractivity contribution in [2.45, 2.75) is 19.5 Å². The summed E-state index contributed by atoms with van der Waals surface area (Å²) in [6, 6.07) is 11.2. The van der Waals surface area contributed by atoms with Crippen LogP contribution in [0.15, 0.2) is 61.2 Å². The topological polar surface area (TPSA) is 126 Å². The van der Waals surface area contributed by atoms with Crippen molar-refractivity contribution in [3.63, 3.8) is 0 Å². The molecule has 0 saturated carbocycles. The van der Waals surface area contributed by atoms with Crippen LogP contribution in [0.4, 0.5) is 5.69 Å². The van der Waals surface area contributed by atoms with Crippen LogP contribution in [0.1, 0.15) is 29.7 Å². The van der Waals surface area contributed by atoms with E-state index in [0.29, 0.717) is 35.7 Å². The number of nitrogens with one attached hydrogen (secondary N) is 2. The fourth-order valence-corrected chi connectivity index (χ4v) is 2.99. The second-order valence-corrected chi connectivity index (χ2v) is 6.48. The van der Waals surface area contributed by atoms with E-state index in [-0.39, 0.29) is 5.84 Å². The van der Waals surface area contributed by atoms with E-state index in [2.05, 4.69) is 10.3 Å². The van der Waals surface area contributed by atoms with Gasteiger partial charge >= 0.3 is 5.97 Å². The van der Waals surface area contributed by atoms with Gasteiger partial charge < -0.3 is 25.5 Å². The molecule has 1 atom stereocenters. The normalized spacial score (nSPS) is 11.6. The number of amidine groups is 1. The van der Waals surface area contributed by atoms with Crippen LogP contribution in [-0.2, 0) is 11.3 Å². The Morgan fingerprint density at radius 3 is 2.66 bits per heavy atom. The van der Waals surface area contributed by atoms with Crippen molar-refractivity contribution < 1.29 is 14.6 Å². The number of hydrogen-bond acceptors (Lipinski definition) is 5. The van der Waals surface area contributed by atoms with Crippen LogP contribution in [0.5, 0.6) is 5.75 Å². The maximum Gasteiger partial charge on any atom is 0.330 e. The van der Waals surface area contributed by atoms with Gasteiger partial charge in [0.15, 0.2) is 6.04 Å². The van der Waals surface area contributed by atoms with E-state index in [1.54, 1.807) is 42.9 Å². The van der Waals surface area contributed by atoms with Crippen molar-refractivity contribution in [3.05, 3.63) is 77.9 Å². The number of imidazole rings is 1. The molecule has 5 N–H and O–H groups in total. The molecule has 0 aliphatic heterocycles. The zero-order valence-corrected chi connectivity index (χ0v) is 16.0. The van der Waals surface area contributed by atoms with Crippen molar-refractivity contribution in [2.24, 2.45) is 5.73 Å². The van der Waals surface area contributed by atoms with Crippen LogP contribution >= 0.6 is 0 Å². The average Bonchev–Trinajstić information content (AvgIpc) is 3.19. The second kappa shape index (κ2) is 8.92. The third-order valence-electron chi connectivity index (χ3n) is 4.31. The summed E-state index contributed by atoms with van der Waals surface area (Å²) >= 11 is 0. The Balaban J connectivity index is 1.91. The number of aliphatic carboxylic acids is 1. The number of hydrogen-bond donors (Lipinski definition) is 4. The predicted molar refractivity (Wildman–Crippen MR) is 110 cm³/mol. The van der Waals surface area contributed by atoms with Gasteiger partial charge in [-0.15, -0.1) is 0 Å². The quantitative estimate of drug-likeness (QED) is 0.327. The summed E-state index contributed by atoms with van der Waals surface area (Å²) in [5.74, 6) is -0.442. The summed E-state index contributed by atoms with van der Waals surface area (Å²) < 4.78 is 7.55. The third kappa shape index (κ3) is 5.13. The molecule has 150 valence electrons. The van der Waals surface area contributed by atoms with Gasteiger partial charge in [0.2, 0.25) is 0 Å². The molecular formula is C21H23N5O3. The molecule has 1 heterocycles. The van der Waals surface area contributed by atoms with E-state index in [1.165, 1.54) is 0 Å². The lowest BCUT2D eigenvalue weighted by atomic mass is 10.0. The number of carbonyl (C=O) groups is 1. The van der Waals surface area contributed by atoms with Gasteiger partial charge in [0.25, 0.3) is 0 Å². The molecule has 0 fully saturated rings. The van der Waals surface area contributed by atoms with Crippen molar-refractivity contribution >= 4 is 17.5 Å². The Bertz CT molecular complexity index is 984. The number of rotatable bonds is 9. The molecule has 0 spiro atoms. The highest BCUT2D eigenvalue weighted by molar-refractivity contribution is 5.95. The largest absolute Gasteiger partial charge is 0.494 e. The zero-order chi connectivity index (χ0) is 20.8. The summed E-state index contributed by atoms with van der Waals surface area (Å²) in [4.78, 5) is 16.0. The number of nitrogen functional groups attached to an aromatic ring is 1. The van der Waals surface area contributed by atoms with Crippen LogP contribution in [0.25, 0.3) is 0 Å². The van der Waals surface area contributed by atoms with E-state index in [4.69, 9.17) is 15.9 Å². The van der Waals surface area contributed by atoms with Gasteiger partial charge in [-0.2, -0.15) is 0 Å². The van der Waals surface area contributed by atoms with Crippen LogP contribution in [0.2, 0.25) is 0 Å². The first-order chi connectivity index (χ1) is 14.0. The standard InChI is InChI=1S/C21H23N5O3/c1-2-29-18-10-14(12-26-8-7-24-13-26)9-16(11-18)19(21(27)28)25-17-5-3-15(4-6-17)20(22)23/h3-11,13,19,25H,2,12H2,1H3,(H3,22,23)(H,27,28). The molecule has 0 radical (unpaired) electrons. The highest BCUT2D eigenvalue weighted by Gasteiger charge is 2.21. The molecule has 2 aromatic carbocycles. The Hall–Kier alpha value is -3.81. The van der Waals surface area contributed by atoms with Crippen LogP contribution in [-0.4, -0.2) is 33.1 Å². The Morgan fingerprint density at radius 1 is 1.31 bits per heavy atom. The predicted octanol–water partition coefficient (Wildman–Crippen LogP) is 2.85. The Morgan fingerprint density at radius 2 is 2.07 bits per heavy atom. The van der Waals surface area contributed by atoms with Gasteiger partial charge in [-0.25, -0.2) is 9.78 Å². The van der Waals surface area contributed by atoms with Crippen molar-refractivity contribution in [1.29, 1.82) is 5.41 Å². The highest BCUT2D eigenvalue weighted by Crippen LogP contribution is 2.26. The van der Waals surface area contributed by atoms with Crippen LogP contribution in [0.3, 0.4) is 0 Å². The van der Waals surface area contributed by atoms with Crippen molar-refractivity contribution in [2.75, 3.05) is 11.9 Å². The smallest absolute Gasteiger partial charge is 0.330 e. The van der Waals surface area contributed by atoms with Crippen molar-refractivity contribution in [1.82, 2.24) is 9.55 Å². The lowest BCUT2D eigenvalue weighted by Gasteiger charge is -2.19. The molecule has 0 amide bonds. The number of nitrogens with two attached hydrogens (primary N) is 1. The SMILES string of the molecule is CCOc1cc(Cn2ccnc2)cc(C(Nc2ccc(C(=N)N)cc2)C(=O)O)c1. The third-order valence-corrected chi connectivity index (χ3v) is 4.31.